The lowest BCUT2D eigenvalue weighted by Gasteiger charge is -2.37. The number of hydrogen-bond donors (Lipinski definition) is 1. The minimum Gasteiger partial charge on any atom is -0.380 e. The lowest BCUT2D eigenvalue weighted by Crippen LogP contribution is -2.44. The van der Waals surface area contributed by atoms with Crippen LogP contribution in [0.25, 0.3) is 0 Å². The molecule has 0 aromatic heterocycles. The minimum atomic E-state index is -0.328. The summed E-state index contributed by atoms with van der Waals surface area (Å²) in [7, 11) is 2.20. The number of anilines is 1. The molecule has 3 rings (SSSR count). The summed E-state index contributed by atoms with van der Waals surface area (Å²) in [6, 6.07) is 8.21. The van der Waals surface area contributed by atoms with Crippen molar-refractivity contribution < 1.29 is 4.39 Å². The number of halogens is 1. The van der Waals surface area contributed by atoms with E-state index in [4.69, 9.17) is 5.26 Å². The largest absolute Gasteiger partial charge is 0.380 e. The molecule has 1 aromatic rings. The molecule has 0 saturated carbocycles. The molecule has 100 valence electrons. The van der Waals surface area contributed by atoms with E-state index in [0.29, 0.717) is 29.4 Å². The summed E-state index contributed by atoms with van der Waals surface area (Å²) in [5.41, 5.74) is 0.888. The number of fused-ring (bicyclic) bond motifs is 2. The van der Waals surface area contributed by atoms with Gasteiger partial charge in [0.25, 0.3) is 0 Å². The van der Waals surface area contributed by atoms with Crippen molar-refractivity contribution in [1.29, 1.82) is 5.26 Å². The van der Waals surface area contributed by atoms with Crippen LogP contribution in [0.5, 0.6) is 0 Å². The Bertz CT molecular complexity index is 509. The summed E-state index contributed by atoms with van der Waals surface area (Å²) in [5.74, 6) is -0.328. The maximum Gasteiger partial charge on any atom is 0.147 e. The van der Waals surface area contributed by atoms with Gasteiger partial charge in [-0.2, -0.15) is 5.26 Å². The SMILES string of the molecule is CN1C2CCC1CC(Nc1ccc(C#N)cc1F)C2. The summed E-state index contributed by atoms with van der Waals surface area (Å²) < 4.78 is 13.9. The molecule has 2 fully saturated rings. The van der Waals surface area contributed by atoms with Gasteiger partial charge in [0.1, 0.15) is 5.82 Å². The second-order valence-electron chi connectivity index (χ2n) is 5.67. The van der Waals surface area contributed by atoms with Gasteiger partial charge in [0.15, 0.2) is 0 Å². The number of nitrogens with one attached hydrogen (secondary N) is 1. The molecule has 1 aromatic carbocycles. The Balaban J connectivity index is 1.71. The minimum absolute atomic E-state index is 0.328. The van der Waals surface area contributed by atoms with Crippen LogP contribution in [0.3, 0.4) is 0 Å². The Hall–Kier alpha value is -1.60. The van der Waals surface area contributed by atoms with E-state index in [9.17, 15) is 4.39 Å². The van der Waals surface area contributed by atoms with Crippen molar-refractivity contribution in [1.82, 2.24) is 4.90 Å². The van der Waals surface area contributed by atoms with Crippen LogP contribution in [0.2, 0.25) is 0 Å². The van der Waals surface area contributed by atoms with Crippen LogP contribution in [-0.2, 0) is 0 Å². The van der Waals surface area contributed by atoms with E-state index >= 15 is 0 Å². The summed E-state index contributed by atoms with van der Waals surface area (Å²) in [5, 5.41) is 12.0. The average Bonchev–Trinajstić information content (AvgIpc) is 2.64. The lowest BCUT2D eigenvalue weighted by atomic mass is 9.97. The zero-order valence-corrected chi connectivity index (χ0v) is 11.1. The normalized spacial score (nSPS) is 30.1. The standard InChI is InChI=1S/C15H18FN3/c1-19-12-3-4-13(19)8-11(7-12)18-15-5-2-10(9-17)6-14(15)16/h2,5-6,11-13,18H,3-4,7-8H2,1H3. The van der Waals surface area contributed by atoms with Crippen LogP contribution < -0.4 is 5.32 Å². The van der Waals surface area contributed by atoms with Crippen molar-refractivity contribution in [2.75, 3.05) is 12.4 Å². The number of hydrogen-bond acceptors (Lipinski definition) is 3. The van der Waals surface area contributed by atoms with Gasteiger partial charge in [-0.05, 0) is 50.9 Å². The molecule has 0 amide bonds. The zero-order valence-electron chi connectivity index (χ0n) is 11.1. The van der Waals surface area contributed by atoms with Gasteiger partial charge in [0.05, 0.1) is 17.3 Å². The number of rotatable bonds is 2. The predicted octanol–water partition coefficient (Wildman–Crippen LogP) is 2.73. The van der Waals surface area contributed by atoms with Crippen molar-refractivity contribution >= 4 is 5.69 Å². The summed E-state index contributed by atoms with van der Waals surface area (Å²) in [6.07, 6.45) is 4.67. The quantitative estimate of drug-likeness (QED) is 0.887. The molecule has 0 spiro atoms. The van der Waals surface area contributed by atoms with E-state index in [1.54, 1.807) is 12.1 Å². The highest BCUT2D eigenvalue weighted by atomic mass is 19.1. The molecule has 2 heterocycles. The Morgan fingerprint density at radius 3 is 2.58 bits per heavy atom. The highest BCUT2D eigenvalue weighted by Crippen LogP contribution is 2.35. The highest BCUT2D eigenvalue weighted by Gasteiger charge is 2.38. The van der Waals surface area contributed by atoms with Gasteiger partial charge < -0.3 is 10.2 Å². The first-order valence-electron chi connectivity index (χ1n) is 6.85. The third-order valence-corrected chi connectivity index (χ3v) is 4.56. The average molecular weight is 259 g/mol. The van der Waals surface area contributed by atoms with Crippen LogP contribution in [0.4, 0.5) is 10.1 Å². The maximum atomic E-state index is 13.9. The molecular weight excluding hydrogens is 241 g/mol. The van der Waals surface area contributed by atoms with Gasteiger partial charge in [-0.1, -0.05) is 0 Å². The van der Waals surface area contributed by atoms with Gasteiger partial charge in [0, 0.05) is 18.1 Å². The van der Waals surface area contributed by atoms with Crippen molar-refractivity contribution in [2.24, 2.45) is 0 Å². The third-order valence-electron chi connectivity index (χ3n) is 4.56. The van der Waals surface area contributed by atoms with Crippen molar-refractivity contribution in [3.05, 3.63) is 29.6 Å². The molecular formula is C15H18FN3. The van der Waals surface area contributed by atoms with E-state index in [1.807, 2.05) is 6.07 Å². The number of nitriles is 1. The van der Waals surface area contributed by atoms with Crippen LogP contribution in [0, 0.1) is 17.1 Å². The molecule has 19 heavy (non-hydrogen) atoms. The molecule has 2 aliphatic heterocycles. The predicted molar refractivity (Wildman–Crippen MR) is 72.3 cm³/mol. The van der Waals surface area contributed by atoms with E-state index < -0.39 is 0 Å². The van der Waals surface area contributed by atoms with Crippen LogP contribution in [0.1, 0.15) is 31.2 Å². The van der Waals surface area contributed by atoms with Gasteiger partial charge in [-0.15, -0.1) is 0 Å². The first-order chi connectivity index (χ1) is 9.17. The Morgan fingerprint density at radius 1 is 1.32 bits per heavy atom. The molecule has 2 aliphatic rings. The molecule has 2 atom stereocenters. The zero-order chi connectivity index (χ0) is 13.4. The number of benzene rings is 1. The van der Waals surface area contributed by atoms with E-state index in [2.05, 4.69) is 17.3 Å². The van der Waals surface area contributed by atoms with Crippen LogP contribution in [-0.4, -0.2) is 30.1 Å². The monoisotopic (exact) mass is 259 g/mol. The van der Waals surface area contributed by atoms with Gasteiger partial charge in [-0.3, -0.25) is 0 Å². The van der Waals surface area contributed by atoms with Crippen LogP contribution in [0.15, 0.2) is 18.2 Å². The van der Waals surface area contributed by atoms with E-state index in [-0.39, 0.29) is 5.82 Å². The number of nitrogens with zero attached hydrogens (tertiary/aromatic N) is 2. The van der Waals surface area contributed by atoms with Crippen molar-refractivity contribution in [3.8, 4) is 6.07 Å². The van der Waals surface area contributed by atoms with Crippen LogP contribution >= 0.6 is 0 Å². The van der Waals surface area contributed by atoms with E-state index in [1.165, 1.54) is 18.9 Å². The first-order valence-corrected chi connectivity index (χ1v) is 6.85. The van der Waals surface area contributed by atoms with Gasteiger partial charge >= 0.3 is 0 Å². The Morgan fingerprint density at radius 2 is 2.00 bits per heavy atom. The maximum absolute atomic E-state index is 13.9. The molecule has 4 heteroatoms. The molecule has 0 radical (unpaired) electrons. The van der Waals surface area contributed by atoms with Crippen molar-refractivity contribution in [3.63, 3.8) is 0 Å². The second kappa shape index (κ2) is 4.82. The number of piperidine rings is 1. The molecule has 2 saturated heterocycles. The second-order valence-corrected chi connectivity index (χ2v) is 5.67. The summed E-state index contributed by atoms with van der Waals surface area (Å²) in [4.78, 5) is 2.47. The lowest BCUT2D eigenvalue weighted by molar-refractivity contribution is 0.169. The third kappa shape index (κ3) is 2.31. The smallest absolute Gasteiger partial charge is 0.147 e. The topological polar surface area (TPSA) is 39.1 Å². The Kier molecular flexibility index (Phi) is 3.16. The summed E-state index contributed by atoms with van der Waals surface area (Å²) >= 11 is 0. The van der Waals surface area contributed by atoms with Gasteiger partial charge in [-0.25, -0.2) is 4.39 Å². The van der Waals surface area contributed by atoms with Gasteiger partial charge in [0.2, 0.25) is 0 Å². The molecule has 1 N–H and O–H groups in total. The molecule has 2 unspecified atom stereocenters. The first kappa shape index (κ1) is 12.4. The Labute approximate surface area is 113 Å². The fraction of sp³-hybridized carbons (Fsp3) is 0.533. The summed E-state index contributed by atoms with van der Waals surface area (Å²) in [6.45, 7) is 0. The molecule has 0 aliphatic carbocycles. The fourth-order valence-corrected chi connectivity index (χ4v) is 3.45. The molecule has 2 bridgehead atoms. The van der Waals surface area contributed by atoms with Crippen molar-refractivity contribution in [2.45, 2.75) is 43.8 Å². The van der Waals surface area contributed by atoms with E-state index in [0.717, 1.165) is 12.8 Å². The highest BCUT2D eigenvalue weighted by molar-refractivity contribution is 5.49. The molecule has 3 nitrogen and oxygen atoms in total. The fourth-order valence-electron chi connectivity index (χ4n) is 3.45.